The maximum absolute atomic E-state index is 15.1. The molecule has 0 aliphatic heterocycles. The fourth-order valence-electron chi connectivity index (χ4n) is 7.24. The molecule has 1 heterocycles. The average Bonchev–Trinajstić information content (AvgIpc) is 3.41. The highest BCUT2D eigenvalue weighted by molar-refractivity contribution is 6.88. The number of hydrogen-bond donors (Lipinski definition) is 0. The standard InChI is InChI=1S/C45H34F5N3Si/c1-45(2)34-21-17-29(27-13-11-25(12-14-27)26-15-19-31(20-16-26)54(3,4)5)23-32(34)33-24-30(18-22-35(33)45)43-51-42(28-9-7-6-8-10-28)52-44(53-43)36-37(46)39(48)41(50)40(49)38(36)47/h6-24H,1-5H3. The lowest BCUT2D eigenvalue weighted by Gasteiger charge is -2.21. The van der Waals surface area contributed by atoms with Crippen LogP contribution in [0.2, 0.25) is 19.6 Å². The largest absolute Gasteiger partial charge is 0.208 e. The van der Waals surface area contributed by atoms with Crippen LogP contribution in [-0.2, 0) is 5.41 Å². The summed E-state index contributed by atoms with van der Waals surface area (Å²) in [6, 6.07) is 38.1. The Bertz CT molecular complexity index is 2570. The lowest BCUT2D eigenvalue weighted by molar-refractivity contribution is 0.381. The highest BCUT2D eigenvalue weighted by atomic mass is 28.3. The van der Waals surface area contributed by atoms with Crippen LogP contribution in [0.5, 0.6) is 0 Å². The molecule has 0 N–H and O–H groups in total. The van der Waals surface area contributed by atoms with Gasteiger partial charge in [-0.2, -0.15) is 0 Å². The first-order valence-corrected chi connectivity index (χ1v) is 21.1. The Morgan fingerprint density at radius 2 is 0.833 bits per heavy atom. The number of nitrogens with zero attached hydrogens (tertiary/aromatic N) is 3. The summed E-state index contributed by atoms with van der Waals surface area (Å²) in [5.41, 5.74) is 7.90. The number of halogens is 5. The molecule has 1 aliphatic rings. The summed E-state index contributed by atoms with van der Waals surface area (Å²) >= 11 is 0. The Morgan fingerprint density at radius 1 is 0.426 bits per heavy atom. The van der Waals surface area contributed by atoms with E-state index in [1.165, 1.54) is 5.19 Å². The van der Waals surface area contributed by atoms with Gasteiger partial charge in [-0.1, -0.05) is 142 Å². The van der Waals surface area contributed by atoms with Gasteiger partial charge in [-0.25, -0.2) is 36.9 Å². The molecule has 9 heteroatoms. The monoisotopic (exact) mass is 739 g/mol. The van der Waals surface area contributed by atoms with Gasteiger partial charge < -0.3 is 0 Å². The lowest BCUT2D eigenvalue weighted by atomic mass is 9.82. The third-order valence-electron chi connectivity index (χ3n) is 10.3. The minimum atomic E-state index is -2.26. The lowest BCUT2D eigenvalue weighted by Crippen LogP contribution is -2.37. The quantitative estimate of drug-likeness (QED) is 0.0738. The Hall–Kier alpha value is -5.80. The molecule has 6 aromatic carbocycles. The van der Waals surface area contributed by atoms with Gasteiger partial charge in [0.1, 0.15) is 0 Å². The van der Waals surface area contributed by atoms with Gasteiger partial charge >= 0.3 is 0 Å². The number of benzene rings is 6. The highest BCUT2D eigenvalue weighted by Gasteiger charge is 2.36. The third-order valence-corrected chi connectivity index (χ3v) is 12.4. The summed E-state index contributed by atoms with van der Waals surface area (Å²) in [5.74, 6) is -11.1. The second-order valence-corrected chi connectivity index (χ2v) is 20.2. The fraction of sp³-hybridized carbons (Fsp3) is 0.133. The van der Waals surface area contributed by atoms with Crippen LogP contribution in [0.3, 0.4) is 0 Å². The van der Waals surface area contributed by atoms with Crippen molar-refractivity contribution in [3.05, 3.63) is 155 Å². The maximum atomic E-state index is 15.1. The van der Waals surface area contributed by atoms with E-state index in [4.69, 9.17) is 0 Å². The molecular weight excluding hydrogens is 706 g/mol. The zero-order chi connectivity index (χ0) is 38.1. The molecule has 1 aromatic heterocycles. The number of hydrogen-bond acceptors (Lipinski definition) is 3. The van der Waals surface area contributed by atoms with Crippen molar-refractivity contribution in [3.8, 4) is 67.5 Å². The van der Waals surface area contributed by atoms with Crippen LogP contribution in [0.25, 0.3) is 67.5 Å². The van der Waals surface area contributed by atoms with Gasteiger partial charge in [-0.15, -0.1) is 0 Å². The van der Waals surface area contributed by atoms with E-state index in [1.807, 2.05) is 12.1 Å². The first kappa shape index (κ1) is 35.2. The molecule has 54 heavy (non-hydrogen) atoms. The van der Waals surface area contributed by atoms with Gasteiger partial charge in [0.2, 0.25) is 5.82 Å². The predicted molar refractivity (Wildman–Crippen MR) is 207 cm³/mol. The zero-order valence-corrected chi connectivity index (χ0v) is 31.2. The van der Waals surface area contributed by atoms with E-state index in [2.05, 4.69) is 115 Å². The van der Waals surface area contributed by atoms with Crippen molar-refractivity contribution in [2.24, 2.45) is 0 Å². The molecule has 1 aliphatic carbocycles. The second-order valence-electron chi connectivity index (χ2n) is 15.2. The smallest absolute Gasteiger partial charge is 0.200 e. The molecule has 0 bridgehead atoms. The summed E-state index contributed by atoms with van der Waals surface area (Å²) in [5, 5.41) is 1.42. The first-order valence-electron chi connectivity index (χ1n) is 17.6. The van der Waals surface area contributed by atoms with E-state index in [1.54, 1.807) is 36.4 Å². The molecule has 3 nitrogen and oxygen atoms in total. The molecule has 0 unspecified atom stereocenters. The van der Waals surface area contributed by atoms with Crippen LogP contribution in [0, 0.1) is 29.1 Å². The molecule has 8 rings (SSSR count). The normalized spacial score (nSPS) is 13.1. The van der Waals surface area contributed by atoms with Crippen molar-refractivity contribution in [2.45, 2.75) is 38.9 Å². The summed E-state index contributed by atoms with van der Waals surface area (Å²) < 4.78 is 73.0. The fourth-order valence-corrected chi connectivity index (χ4v) is 8.41. The number of aromatic nitrogens is 3. The summed E-state index contributed by atoms with van der Waals surface area (Å²) in [6.45, 7) is 11.3. The van der Waals surface area contributed by atoms with E-state index in [9.17, 15) is 13.2 Å². The molecule has 0 saturated heterocycles. The van der Waals surface area contributed by atoms with Gasteiger partial charge in [0, 0.05) is 16.5 Å². The minimum Gasteiger partial charge on any atom is -0.208 e. The van der Waals surface area contributed by atoms with Crippen molar-refractivity contribution >= 4 is 13.3 Å². The SMILES string of the molecule is CC1(C)c2ccc(-c3ccc(-c4ccc([Si](C)(C)C)cc4)cc3)cc2-c2cc(-c3nc(-c4ccccc4)nc(-c4c(F)c(F)c(F)c(F)c4F)n3)ccc21. The van der Waals surface area contributed by atoms with Crippen LogP contribution in [0.1, 0.15) is 25.0 Å². The van der Waals surface area contributed by atoms with E-state index < -0.39 is 48.5 Å². The molecule has 0 fully saturated rings. The van der Waals surface area contributed by atoms with Gasteiger partial charge in [0.25, 0.3) is 0 Å². The zero-order valence-electron chi connectivity index (χ0n) is 30.2. The maximum Gasteiger partial charge on any atom is 0.200 e. The van der Waals surface area contributed by atoms with Gasteiger partial charge in [-0.3, -0.25) is 0 Å². The van der Waals surface area contributed by atoms with Crippen LogP contribution in [0.4, 0.5) is 22.0 Å². The third kappa shape index (κ3) is 5.93. The van der Waals surface area contributed by atoms with E-state index in [0.29, 0.717) is 11.1 Å². The van der Waals surface area contributed by atoms with E-state index in [-0.39, 0.29) is 17.1 Å². The van der Waals surface area contributed by atoms with Crippen LogP contribution >= 0.6 is 0 Å². The van der Waals surface area contributed by atoms with Crippen molar-refractivity contribution in [1.82, 2.24) is 15.0 Å². The first-order chi connectivity index (χ1) is 25.7. The average molecular weight is 740 g/mol. The van der Waals surface area contributed by atoms with Crippen LogP contribution < -0.4 is 5.19 Å². The Balaban J connectivity index is 1.22. The molecular formula is C45H34F5N3Si. The molecule has 7 aromatic rings. The number of rotatable bonds is 6. The van der Waals surface area contributed by atoms with Crippen molar-refractivity contribution in [3.63, 3.8) is 0 Å². The second kappa shape index (κ2) is 12.9. The van der Waals surface area contributed by atoms with E-state index in [0.717, 1.165) is 44.5 Å². The topological polar surface area (TPSA) is 38.7 Å². The Morgan fingerprint density at radius 3 is 1.37 bits per heavy atom. The molecule has 0 spiro atoms. The van der Waals surface area contributed by atoms with Gasteiger partial charge in [-0.05, 0) is 56.6 Å². The van der Waals surface area contributed by atoms with Gasteiger partial charge in [0.05, 0.1) is 13.6 Å². The number of fused-ring (bicyclic) bond motifs is 3. The Kier molecular flexibility index (Phi) is 8.45. The van der Waals surface area contributed by atoms with Crippen LogP contribution in [0.15, 0.2) is 115 Å². The van der Waals surface area contributed by atoms with Crippen molar-refractivity contribution < 1.29 is 22.0 Å². The molecule has 0 atom stereocenters. The molecule has 0 amide bonds. The summed E-state index contributed by atoms with van der Waals surface area (Å²) in [7, 11) is -1.39. The predicted octanol–water partition coefficient (Wildman–Crippen LogP) is 11.8. The highest BCUT2D eigenvalue weighted by Crippen LogP contribution is 2.50. The summed E-state index contributed by atoms with van der Waals surface area (Å²) in [6.07, 6.45) is 0. The van der Waals surface area contributed by atoms with Crippen molar-refractivity contribution in [2.75, 3.05) is 0 Å². The van der Waals surface area contributed by atoms with Crippen molar-refractivity contribution in [1.29, 1.82) is 0 Å². The Labute approximate surface area is 311 Å². The molecule has 0 radical (unpaired) electrons. The summed E-state index contributed by atoms with van der Waals surface area (Å²) in [4.78, 5) is 13.1. The van der Waals surface area contributed by atoms with Gasteiger partial charge in [0.15, 0.2) is 40.7 Å². The van der Waals surface area contributed by atoms with E-state index >= 15 is 8.78 Å². The van der Waals surface area contributed by atoms with Crippen LogP contribution in [-0.4, -0.2) is 23.0 Å². The minimum absolute atomic E-state index is 0.0125. The molecule has 268 valence electrons. The molecule has 0 saturated carbocycles.